The zero-order chi connectivity index (χ0) is 13.3. The molecule has 0 amide bonds. The SMILES string of the molecule is CC(=O)c1cc(NCC2(C(C)C)CC2)ccc1N. The van der Waals surface area contributed by atoms with Gasteiger partial charge in [-0.1, -0.05) is 13.8 Å². The molecule has 2 rings (SSSR count). The number of nitrogens with one attached hydrogen (secondary N) is 1. The molecule has 1 aliphatic carbocycles. The quantitative estimate of drug-likeness (QED) is 0.619. The smallest absolute Gasteiger partial charge is 0.161 e. The summed E-state index contributed by atoms with van der Waals surface area (Å²) in [6.07, 6.45) is 2.60. The van der Waals surface area contributed by atoms with Crippen molar-refractivity contribution in [2.75, 3.05) is 17.6 Å². The number of rotatable bonds is 5. The normalized spacial score (nSPS) is 16.7. The van der Waals surface area contributed by atoms with Gasteiger partial charge in [0.2, 0.25) is 0 Å². The van der Waals surface area contributed by atoms with Gasteiger partial charge in [-0.05, 0) is 49.3 Å². The second-order valence-corrected chi connectivity index (χ2v) is 5.73. The first-order valence-electron chi connectivity index (χ1n) is 6.59. The van der Waals surface area contributed by atoms with Crippen LogP contribution in [-0.4, -0.2) is 12.3 Å². The molecule has 0 spiro atoms. The van der Waals surface area contributed by atoms with Crippen LogP contribution in [0.2, 0.25) is 0 Å². The number of anilines is 2. The summed E-state index contributed by atoms with van der Waals surface area (Å²) in [5.74, 6) is 0.715. The second-order valence-electron chi connectivity index (χ2n) is 5.73. The molecular formula is C15H22N2O. The zero-order valence-corrected chi connectivity index (χ0v) is 11.4. The summed E-state index contributed by atoms with van der Waals surface area (Å²) in [5.41, 5.74) is 8.39. The Bertz CT molecular complexity index is 462. The van der Waals surface area contributed by atoms with Crippen molar-refractivity contribution < 1.29 is 4.79 Å². The number of benzene rings is 1. The fourth-order valence-electron chi connectivity index (χ4n) is 2.37. The number of hydrogen-bond acceptors (Lipinski definition) is 3. The molecular weight excluding hydrogens is 224 g/mol. The van der Waals surface area contributed by atoms with Crippen molar-refractivity contribution >= 4 is 17.2 Å². The van der Waals surface area contributed by atoms with Gasteiger partial charge in [0.05, 0.1) is 0 Å². The highest BCUT2D eigenvalue weighted by Gasteiger charge is 2.44. The average molecular weight is 246 g/mol. The van der Waals surface area contributed by atoms with Gasteiger partial charge in [0.15, 0.2) is 5.78 Å². The maximum Gasteiger partial charge on any atom is 0.161 e. The molecule has 0 heterocycles. The summed E-state index contributed by atoms with van der Waals surface area (Å²) in [4.78, 5) is 11.4. The van der Waals surface area contributed by atoms with Gasteiger partial charge in [0.25, 0.3) is 0 Å². The van der Waals surface area contributed by atoms with Crippen molar-refractivity contribution in [2.45, 2.75) is 33.6 Å². The van der Waals surface area contributed by atoms with E-state index in [1.165, 1.54) is 12.8 Å². The lowest BCUT2D eigenvalue weighted by Gasteiger charge is -2.21. The molecule has 3 N–H and O–H groups in total. The van der Waals surface area contributed by atoms with E-state index in [4.69, 9.17) is 5.73 Å². The van der Waals surface area contributed by atoms with Crippen LogP contribution < -0.4 is 11.1 Å². The Morgan fingerprint density at radius 1 is 1.44 bits per heavy atom. The van der Waals surface area contributed by atoms with Gasteiger partial charge in [-0.3, -0.25) is 4.79 Å². The van der Waals surface area contributed by atoms with Crippen LogP contribution >= 0.6 is 0 Å². The predicted octanol–water partition coefficient (Wildman–Crippen LogP) is 3.32. The molecule has 0 atom stereocenters. The summed E-state index contributed by atoms with van der Waals surface area (Å²) in [6.45, 7) is 7.08. The summed E-state index contributed by atoms with van der Waals surface area (Å²) in [6, 6.07) is 5.60. The van der Waals surface area contributed by atoms with Crippen molar-refractivity contribution in [1.82, 2.24) is 0 Å². The number of nitrogens with two attached hydrogens (primary N) is 1. The fraction of sp³-hybridized carbons (Fsp3) is 0.533. The fourth-order valence-corrected chi connectivity index (χ4v) is 2.37. The van der Waals surface area contributed by atoms with E-state index in [0.717, 1.165) is 12.2 Å². The van der Waals surface area contributed by atoms with E-state index < -0.39 is 0 Å². The van der Waals surface area contributed by atoms with E-state index in [1.807, 2.05) is 12.1 Å². The first-order valence-corrected chi connectivity index (χ1v) is 6.59. The van der Waals surface area contributed by atoms with Crippen LogP contribution in [0.1, 0.15) is 44.0 Å². The Kier molecular flexibility index (Phi) is 3.33. The van der Waals surface area contributed by atoms with E-state index in [-0.39, 0.29) is 5.78 Å². The van der Waals surface area contributed by atoms with E-state index in [1.54, 1.807) is 13.0 Å². The van der Waals surface area contributed by atoms with Gasteiger partial charge in [-0.25, -0.2) is 0 Å². The number of Topliss-reactive ketones (excluding diaryl/α,β-unsaturated/α-hetero) is 1. The summed E-state index contributed by atoms with van der Waals surface area (Å²) in [5, 5.41) is 3.44. The van der Waals surface area contributed by atoms with Crippen LogP contribution in [0, 0.1) is 11.3 Å². The third kappa shape index (κ3) is 2.50. The van der Waals surface area contributed by atoms with Crippen LogP contribution in [0.15, 0.2) is 18.2 Å². The number of nitrogen functional groups attached to an aromatic ring is 1. The Hall–Kier alpha value is -1.51. The molecule has 98 valence electrons. The Morgan fingerprint density at radius 2 is 2.11 bits per heavy atom. The number of carbonyl (C=O) groups is 1. The monoisotopic (exact) mass is 246 g/mol. The van der Waals surface area contributed by atoms with E-state index >= 15 is 0 Å². The molecule has 3 heteroatoms. The number of hydrogen-bond donors (Lipinski definition) is 2. The lowest BCUT2D eigenvalue weighted by molar-refractivity contribution is 0.101. The average Bonchev–Trinajstić information content (AvgIpc) is 3.08. The minimum atomic E-state index is 0.0149. The van der Waals surface area contributed by atoms with Crippen LogP contribution in [0.5, 0.6) is 0 Å². The van der Waals surface area contributed by atoms with Crippen molar-refractivity contribution in [3.05, 3.63) is 23.8 Å². The Balaban J connectivity index is 2.06. The molecule has 1 aromatic rings. The summed E-state index contributed by atoms with van der Waals surface area (Å²) >= 11 is 0. The van der Waals surface area contributed by atoms with Crippen molar-refractivity contribution in [1.29, 1.82) is 0 Å². The minimum absolute atomic E-state index is 0.0149. The largest absolute Gasteiger partial charge is 0.398 e. The van der Waals surface area contributed by atoms with Gasteiger partial charge < -0.3 is 11.1 Å². The maximum atomic E-state index is 11.4. The Morgan fingerprint density at radius 3 is 2.61 bits per heavy atom. The molecule has 1 fully saturated rings. The molecule has 0 aromatic heterocycles. The molecule has 3 nitrogen and oxygen atoms in total. The summed E-state index contributed by atoms with van der Waals surface area (Å²) in [7, 11) is 0. The molecule has 1 aromatic carbocycles. The maximum absolute atomic E-state index is 11.4. The molecule has 0 radical (unpaired) electrons. The molecule has 0 bridgehead atoms. The molecule has 18 heavy (non-hydrogen) atoms. The highest BCUT2D eigenvalue weighted by molar-refractivity contribution is 6.00. The van der Waals surface area contributed by atoms with Crippen molar-refractivity contribution in [2.24, 2.45) is 11.3 Å². The second kappa shape index (κ2) is 4.63. The molecule has 1 saturated carbocycles. The molecule has 0 unspecified atom stereocenters. The third-order valence-electron chi connectivity index (χ3n) is 4.19. The van der Waals surface area contributed by atoms with Gasteiger partial charge in [0, 0.05) is 23.5 Å². The van der Waals surface area contributed by atoms with Crippen LogP contribution in [0.3, 0.4) is 0 Å². The number of ketones is 1. The molecule has 1 aliphatic rings. The van der Waals surface area contributed by atoms with Crippen LogP contribution in [-0.2, 0) is 0 Å². The molecule has 0 aliphatic heterocycles. The van der Waals surface area contributed by atoms with Gasteiger partial charge >= 0.3 is 0 Å². The first-order chi connectivity index (χ1) is 8.44. The van der Waals surface area contributed by atoms with Gasteiger partial charge in [-0.2, -0.15) is 0 Å². The van der Waals surface area contributed by atoms with E-state index in [0.29, 0.717) is 22.6 Å². The summed E-state index contributed by atoms with van der Waals surface area (Å²) < 4.78 is 0. The number of carbonyl (C=O) groups excluding carboxylic acids is 1. The van der Waals surface area contributed by atoms with Crippen molar-refractivity contribution in [3.8, 4) is 0 Å². The van der Waals surface area contributed by atoms with Gasteiger partial charge in [0.1, 0.15) is 0 Å². The standard InChI is InChI=1S/C15H22N2O/c1-10(2)15(6-7-15)9-17-12-4-5-14(16)13(8-12)11(3)18/h4-5,8,10,17H,6-7,9,16H2,1-3H3. The van der Waals surface area contributed by atoms with Gasteiger partial charge in [-0.15, -0.1) is 0 Å². The van der Waals surface area contributed by atoms with Crippen LogP contribution in [0.25, 0.3) is 0 Å². The predicted molar refractivity (Wildman–Crippen MR) is 75.9 cm³/mol. The van der Waals surface area contributed by atoms with Crippen LogP contribution in [0.4, 0.5) is 11.4 Å². The zero-order valence-electron chi connectivity index (χ0n) is 11.4. The van der Waals surface area contributed by atoms with E-state index in [9.17, 15) is 4.79 Å². The minimum Gasteiger partial charge on any atom is -0.398 e. The highest BCUT2D eigenvalue weighted by Crippen LogP contribution is 2.51. The Labute approximate surface area is 109 Å². The topological polar surface area (TPSA) is 55.1 Å². The lowest BCUT2D eigenvalue weighted by Crippen LogP contribution is -2.21. The highest BCUT2D eigenvalue weighted by atomic mass is 16.1. The van der Waals surface area contributed by atoms with E-state index in [2.05, 4.69) is 19.2 Å². The lowest BCUT2D eigenvalue weighted by atomic mass is 9.92. The van der Waals surface area contributed by atoms with Crippen molar-refractivity contribution in [3.63, 3.8) is 0 Å². The molecule has 0 saturated heterocycles. The third-order valence-corrected chi connectivity index (χ3v) is 4.19. The first kappa shape index (κ1) is 12.9.